The van der Waals surface area contributed by atoms with Gasteiger partial charge in [-0.15, -0.1) is 11.3 Å². The number of thiophene rings is 1. The minimum absolute atomic E-state index is 0.702. The molecule has 5 aromatic rings. The molecule has 0 aliphatic rings. The van der Waals surface area contributed by atoms with Gasteiger partial charge in [0.05, 0.1) is 0 Å². The van der Waals surface area contributed by atoms with Gasteiger partial charge in [0.2, 0.25) is 0 Å². The molecule has 198 valence electrons. The average Bonchev–Trinajstić information content (AvgIpc) is 3.31. The van der Waals surface area contributed by atoms with Gasteiger partial charge in [-0.25, -0.2) is 0 Å². The fourth-order valence-electron chi connectivity index (χ4n) is 5.04. The van der Waals surface area contributed by atoms with Crippen LogP contribution in [0.3, 0.4) is 0 Å². The third-order valence-electron chi connectivity index (χ3n) is 7.26. The van der Waals surface area contributed by atoms with Gasteiger partial charge in [-0.2, -0.15) is 0 Å². The van der Waals surface area contributed by atoms with Crippen LogP contribution in [0.4, 0.5) is 0 Å². The van der Waals surface area contributed by atoms with Crippen molar-refractivity contribution in [3.8, 4) is 0 Å². The summed E-state index contributed by atoms with van der Waals surface area (Å²) in [5, 5.41) is 8.98. The predicted octanol–water partition coefficient (Wildman–Crippen LogP) is 7.62. The molecule has 5 rings (SSSR count). The van der Waals surface area contributed by atoms with Crippen LogP contribution in [0, 0.1) is 27.7 Å². The van der Waals surface area contributed by atoms with Crippen molar-refractivity contribution in [3.05, 3.63) is 129 Å². The van der Waals surface area contributed by atoms with E-state index in [9.17, 15) is 0 Å². The maximum Gasteiger partial charge on any atom is 0.0136 e. The average molecular weight is 565 g/mol. The highest BCUT2D eigenvalue weighted by Gasteiger charge is 2.32. The molecule has 0 fully saturated rings. The van der Waals surface area contributed by atoms with Gasteiger partial charge in [0.15, 0.2) is 0 Å². The van der Waals surface area contributed by atoms with Crippen LogP contribution in [-0.4, -0.2) is 0 Å². The fourth-order valence-corrected chi connectivity index (χ4v) is 12.5. The zero-order valence-electron chi connectivity index (χ0n) is 24.0. The molecule has 0 aliphatic carbocycles. The highest BCUT2D eigenvalue weighted by atomic mass is 32.1. The Morgan fingerprint density at radius 3 is 0.846 bits per heavy atom. The van der Waals surface area contributed by atoms with E-state index in [0.717, 1.165) is 12.8 Å². The van der Waals surface area contributed by atoms with Crippen LogP contribution in [0.2, 0.25) is 0 Å². The molecule has 0 atom stereocenters. The second-order valence-electron chi connectivity index (χ2n) is 10.4. The van der Waals surface area contributed by atoms with Crippen molar-refractivity contribution in [2.75, 3.05) is 0 Å². The summed E-state index contributed by atoms with van der Waals surface area (Å²) in [6.45, 7) is 13.4. The molecule has 0 spiro atoms. The molecule has 4 aromatic carbocycles. The number of hydrogen-bond acceptors (Lipinski definition) is 1. The predicted molar refractivity (Wildman–Crippen MR) is 179 cm³/mol. The number of rotatable bonds is 8. The molecule has 0 amide bonds. The summed E-state index contributed by atoms with van der Waals surface area (Å²) in [5.41, 5.74) is 5.26. The molecule has 1 aromatic heterocycles. The summed E-state index contributed by atoms with van der Waals surface area (Å²) >= 11 is 2.07. The molecule has 0 radical (unpaired) electrons. The smallest absolute Gasteiger partial charge is 0.0136 e. The molecular weight excluding hydrogens is 526 g/mol. The first-order valence-electron chi connectivity index (χ1n) is 13.9. The van der Waals surface area contributed by atoms with Crippen LogP contribution in [0.15, 0.2) is 97.1 Å². The fraction of sp³-hybridized carbons (Fsp3) is 0.222. The van der Waals surface area contributed by atoms with Crippen molar-refractivity contribution < 1.29 is 0 Å². The van der Waals surface area contributed by atoms with Crippen LogP contribution in [-0.2, 0) is 12.8 Å². The molecule has 0 N–H and O–H groups in total. The molecule has 0 bridgehead atoms. The zero-order valence-corrected chi connectivity index (χ0v) is 26.6. The lowest BCUT2D eigenvalue weighted by molar-refractivity contribution is 1.19. The summed E-state index contributed by atoms with van der Waals surface area (Å²) in [4.78, 5) is 3.11. The van der Waals surface area contributed by atoms with Crippen LogP contribution in [0.25, 0.3) is 0 Å². The minimum Gasteiger partial charge on any atom is -0.144 e. The van der Waals surface area contributed by atoms with Crippen LogP contribution < -0.4 is 31.8 Å². The van der Waals surface area contributed by atoms with Crippen molar-refractivity contribution >= 4 is 59.0 Å². The van der Waals surface area contributed by atoms with E-state index in [0.29, 0.717) is 0 Å². The number of benzene rings is 4. The lowest BCUT2D eigenvalue weighted by Gasteiger charge is -2.27. The molecule has 0 saturated carbocycles. The lowest BCUT2D eigenvalue weighted by Crippen LogP contribution is -2.35. The highest BCUT2D eigenvalue weighted by Crippen LogP contribution is 2.44. The maximum absolute atomic E-state index is 2.38. The largest absolute Gasteiger partial charge is 0.144 e. The van der Waals surface area contributed by atoms with E-state index in [1.165, 1.54) is 43.5 Å². The van der Waals surface area contributed by atoms with E-state index < -0.39 is 15.8 Å². The van der Waals surface area contributed by atoms with Crippen molar-refractivity contribution in [2.24, 2.45) is 0 Å². The van der Waals surface area contributed by atoms with E-state index in [1.54, 1.807) is 20.4 Å². The maximum atomic E-state index is 2.38. The standard InChI is InChI=1S/C36H38P2S/c1-7-33-35(37(29-17-9-25(3)10-18-29)30-19-11-26(4)12-20-30)36(34(8-2)39-33)38(31-21-13-27(5)14-22-31)32-23-15-28(6)16-24-32/h9-24H,7-8H2,1-6H3. The summed E-state index contributed by atoms with van der Waals surface area (Å²) in [5.74, 6) is 0. The van der Waals surface area contributed by atoms with Crippen molar-refractivity contribution in [1.82, 2.24) is 0 Å². The Morgan fingerprint density at radius 1 is 0.410 bits per heavy atom. The van der Waals surface area contributed by atoms with E-state index in [1.807, 2.05) is 0 Å². The molecular formula is C36H38P2S. The summed E-state index contributed by atoms with van der Waals surface area (Å²) in [6.07, 6.45) is 2.13. The quantitative estimate of drug-likeness (QED) is 0.170. The van der Waals surface area contributed by atoms with Crippen molar-refractivity contribution in [2.45, 2.75) is 54.4 Å². The van der Waals surface area contributed by atoms with E-state index in [2.05, 4.69) is 150 Å². The van der Waals surface area contributed by atoms with Gasteiger partial charge < -0.3 is 0 Å². The summed E-state index contributed by atoms with van der Waals surface area (Å²) in [6, 6.07) is 37.4. The number of hydrogen-bond donors (Lipinski definition) is 0. The molecule has 39 heavy (non-hydrogen) atoms. The molecule has 0 aliphatic heterocycles. The van der Waals surface area contributed by atoms with Gasteiger partial charge in [0.25, 0.3) is 0 Å². The Labute approximate surface area is 241 Å². The van der Waals surface area contributed by atoms with Gasteiger partial charge in [-0.1, -0.05) is 133 Å². The van der Waals surface area contributed by atoms with Crippen molar-refractivity contribution in [1.29, 1.82) is 0 Å². The van der Waals surface area contributed by atoms with Gasteiger partial charge in [-0.3, -0.25) is 0 Å². The van der Waals surface area contributed by atoms with Crippen LogP contribution in [0.5, 0.6) is 0 Å². The Kier molecular flexibility index (Phi) is 8.83. The van der Waals surface area contributed by atoms with E-state index in [4.69, 9.17) is 0 Å². The topological polar surface area (TPSA) is 0 Å². The van der Waals surface area contributed by atoms with Crippen LogP contribution in [0.1, 0.15) is 45.9 Å². The third-order valence-corrected chi connectivity index (χ3v) is 14.4. The molecule has 3 heteroatoms. The Balaban J connectivity index is 1.84. The highest BCUT2D eigenvalue weighted by molar-refractivity contribution is 7.86. The third kappa shape index (κ3) is 5.98. The van der Waals surface area contributed by atoms with Gasteiger partial charge in [0.1, 0.15) is 0 Å². The Morgan fingerprint density at radius 2 is 0.641 bits per heavy atom. The van der Waals surface area contributed by atoms with Gasteiger partial charge in [0, 0.05) is 20.4 Å². The van der Waals surface area contributed by atoms with Gasteiger partial charge in [-0.05, 0) is 77.6 Å². The first-order chi connectivity index (χ1) is 18.9. The van der Waals surface area contributed by atoms with E-state index >= 15 is 0 Å². The Hall–Kier alpha value is -2.56. The Bertz CT molecular complexity index is 1320. The van der Waals surface area contributed by atoms with Gasteiger partial charge >= 0.3 is 0 Å². The first kappa shape index (κ1) is 28.0. The van der Waals surface area contributed by atoms with E-state index in [-0.39, 0.29) is 0 Å². The lowest BCUT2D eigenvalue weighted by atomic mass is 10.2. The summed E-state index contributed by atoms with van der Waals surface area (Å²) < 4.78 is 0. The minimum atomic E-state index is -0.702. The summed E-state index contributed by atoms with van der Waals surface area (Å²) in [7, 11) is -1.40. The zero-order chi connectivity index (χ0) is 27.5. The monoisotopic (exact) mass is 564 g/mol. The molecule has 0 unspecified atom stereocenters. The molecule has 1 heterocycles. The molecule has 0 saturated heterocycles. The molecule has 0 nitrogen and oxygen atoms in total. The number of aryl methyl sites for hydroxylation is 6. The normalized spacial score (nSPS) is 11.5. The van der Waals surface area contributed by atoms with Crippen molar-refractivity contribution in [3.63, 3.8) is 0 Å². The second-order valence-corrected chi connectivity index (χ2v) is 15.9. The SMILES string of the molecule is CCc1sc(CC)c(P(c2ccc(C)cc2)c2ccc(C)cc2)c1P(c1ccc(C)cc1)c1ccc(C)cc1. The second kappa shape index (κ2) is 12.3. The first-order valence-corrected chi connectivity index (χ1v) is 17.4. The van der Waals surface area contributed by atoms with Crippen LogP contribution >= 0.6 is 27.2 Å².